The predicted octanol–water partition coefficient (Wildman–Crippen LogP) is 7.95. The van der Waals surface area contributed by atoms with Crippen LogP contribution in [0.2, 0.25) is 10.1 Å². The first-order valence-corrected chi connectivity index (χ1v) is 21.3. The van der Waals surface area contributed by atoms with Gasteiger partial charge in [-0.15, -0.1) is 0 Å². The van der Waals surface area contributed by atoms with Gasteiger partial charge in [-0.25, -0.2) is 4.98 Å². The highest BCUT2D eigenvalue weighted by atomic mass is 35.5. The fourth-order valence-electron chi connectivity index (χ4n) is 9.06. The molecule has 1 amide bonds. The maximum Gasteiger partial charge on any atom is 0.261 e. The number of methoxy groups -OCH3 is 1. The Morgan fingerprint density at radius 2 is 1.56 bits per heavy atom. The molecule has 3 aliphatic rings. The van der Waals surface area contributed by atoms with Crippen molar-refractivity contribution in [3.8, 4) is 0 Å². The molecule has 0 bridgehead atoms. The average molecular weight is 740 g/mol. The minimum absolute atomic E-state index is 0.00381. The second-order valence-electron chi connectivity index (χ2n) is 16.4. The van der Waals surface area contributed by atoms with Gasteiger partial charge in [0.05, 0.1) is 31.0 Å². The lowest BCUT2D eigenvalue weighted by Gasteiger charge is -2.50. The maximum absolute atomic E-state index is 13.1. The van der Waals surface area contributed by atoms with E-state index in [0.29, 0.717) is 24.9 Å². The molecule has 0 spiro atoms. The van der Waals surface area contributed by atoms with Gasteiger partial charge < -0.3 is 19.2 Å². The fourth-order valence-corrected chi connectivity index (χ4v) is 14.2. The van der Waals surface area contributed by atoms with Crippen LogP contribution in [-0.4, -0.2) is 75.3 Å². The number of anilines is 1. The van der Waals surface area contributed by atoms with Crippen LogP contribution in [0.1, 0.15) is 77.7 Å². The van der Waals surface area contributed by atoms with E-state index >= 15 is 0 Å². The number of amides is 1. The number of halogens is 1. The molecular weight excluding hydrogens is 686 g/mol. The topological polar surface area (TPSA) is 72.9 Å². The fraction of sp³-hybridized carbons (Fsp3) is 0.488. The number of pyridine rings is 1. The number of carbonyl (C=O) groups is 1. The number of nitrogens with one attached hydrogen (secondary N) is 1. The minimum atomic E-state index is -2.76. The Morgan fingerprint density at radius 1 is 0.923 bits per heavy atom. The highest BCUT2D eigenvalue weighted by molar-refractivity contribution is 6.99. The first-order chi connectivity index (χ1) is 25.0. The van der Waals surface area contributed by atoms with E-state index in [-0.39, 0.29) is 34.6 Å². The number of rotatable bonds is 9. The van der Waals surface area contributed by atoms with Crippen LogP contribution in [-0.2, 0) is 18.7 Å². The van der Waals surface area contributed by atoms with E-state index in [9.17, 15) is 4.79 Å². The summed E-state index contributed by atoms with van der Waals surface area (Å²) in [6, 6.07) is 28.0. The molecule has 1 aromatic heterocycles. The maximum atomic E-state index is 13.1. The van der Waals surface area contributed by atoms with Crippen molar-refractivity contribution in [1.82, 2.24) is 9.88 Å². The van der Waals surface area contributed by atoms with Crippen LogP contribution < -0.4 is 15.7 Å². The first-order valence-electron chi connectivity index (χ1n) is 19.1. The lowest BCUT2D eigenvalue weighted by molar-refractivity contribution is -0.121. The van der Waals surface area contributed by atoms with Crippen molar-refractivity contribution < 1.29 is 18.7 Å². The number of fused-ring (bicyclic) bond motifs is 1. The van der Waals surface area contributed by atoms with Crippen molar-refractivity contribution in [2.45, 2.75) is 94.9 Å². The molecule has 2 saturated heterocycles. The summed E-state index contributed by atoms with van der Waals surface area (Å²) in [4.78, 5) is 20.3. The van der Waals surface area contributed by atoms with Gasteiger partial charge in [0.2, 0.25) is 5.91 Å². The number of benzene rings is 3. The molecule has 0 unspecified atom stereocenters. The van der Waals surface area contributed by atoms with Gasteiger partial charge in [-0.05, 0) is 109 Å². The van der Waals surface area contributed by atoms with Crippen molar-refractivity contribution in [2.24, 2.45) is 5.92 Å². The molecule has 3 heterocycles. The molecule has 7 rings (SSSR count). The number of hydrogen-bond acceptors (Lipinski definition) is 6. The highest BCUT2D eigenvalue weighted by Gasteiger charge is 2.56. The van der Waals surface area contributed by atoms with Gasteiger partial charge in [-0.3, -0.25) is 9.69 Å². The molecule has 1 aliphatic carbocycles. The van der Waals surface area contributed by atoms with Gasteiger partial charge in [0, 0.05) is 29.6 Å². The quantitative estimate of drug-likeness (QED) is 0.176. The van der Waals surface area contributed by atoms with Gasteiger partial charge in [-0.1, -0.05) is 93.0 Å². The Bertz CT molecular complexity index is 1800. The van der Waals surface area contributed by atoms with Crippen LogP contribution in [0.15, 0.2) is 85.1 Å². The number of hydrogen-bond donors (Lipinski definition) is 1. The molecule has 52 heavy (non-hydrogen) atoms. The first kappa shape index (κ1) is 37.2. The van der Waals surface area contributed by atoms with Gasteiger partial charge in [0.25, 0.3) is 8.32 Å². The number of aromatic nitrogens is 1. The molecule has 276 valence electrons. The van der Waals surface area contributed by atoms with Crippen molar-refractivity contribution in [3.05, 3.63) is 95.6 Å². The zero-order chi connectivity index (χ0) is 36.5. The third-order valence-corrected chi connectivity index (χ3v) is 17.6. The van der Waals surface area contributed by atoms with Gasteiger partial charge >= 0.3 is 0 Å². The molecule has 4 aromatic rings. The van der Waals surface area contributed by atoms with Gasteiger partial charge in [-0.2, -0.15) is 0 Å². The van der Waals surface area contributed by atoms with Crippen LogP contribution in [0.3, 0.4) is 0 Å². The summed E-state index contributed by atoms with van der Waals surface area (Å²) >= 11 is 6.97. The summed E-state index contributed by atoms with van der Waals surface area (Å²) in [6.45, 7) is 12.5. The summed E-state index contributed by atoms with van der Waals surface area (Å²) in [5.41, 5.74) is 0.912. The van der Waals surface area contributed by atoms with Gasteiger partial charge in [0.1, 0.15) is 5.82 Å². The van der Waals surface area contributed by atoms with Crippen molar-refractivity contribution in [2.75, 3.05) is 38.7 Å². The number of ether oxygens (including phenoxy) is 2. The Kier molecular flexibility index (Phi) is 11.0. The molecular formula is C43H54ClN3O4Si. The third kappa shape index (κ3) is 7.23. The van der Waals surface area contributed by atoms with Crippen molar-refractivity contribution in [3.63, 3.8) is 0 Å². The van der Waals surface area contributed by atoms with E-state index in [0.717, 1.165) is 67.4 Å². The summed E-state index contributed by atoms with van der Waals surface area (Å²) in [6.07, 6.45) is 7.51. The Labute approximate surface area is 315 Å². The van der Waals surface area contributed by atoms with Crippen LogP contribution in [0.4, 0.5) is 5.82 Å². The average Bonchev–Trinajstić information content (AvgIpc) is 3.54. The van der Waals surface area contributed by atoms with E-state index in [1.165, 1.54) is 15.9 Å². The molecule has 1 N–H and O–H groups in total. The molecule has 2 aliphatic heterocycles. The smallest absolute Gasteiger partial charge is 0.261 e. The van der Waals surface area contributed by atoms with E-state index in [2.05, 4.69) is 110 Å². The number of likely N-dealkylation sites (tertiary alicyclic amines) is 1. The molecule has 7 nitrogen and oxygen atoms in total. The molecule has 1 saturated carbocycles. The van der Waals surface area contributed by atoms with E-state index in [1.54, 1.807) is 7.11 Å². The zero-order valence-corrected chi connectivity index (χ0v) is 33.1. The third-order valence-electron chi connectivity index (χ3n) is 12.2. The molecule has 2 atom stereocenters. The molecule has 0 radical (unpaired) electrons. The Balaban J connectivity index is 1.08. The Hall–Kier alpha value is -3.11. The van der Waals surface area contributed by atoms with Gasteiger partial charge in [0.15, 0.2) is 0 Å². The summed E-state index contributed by atoms with van der Waals surface area (Å²) in [5.74, 6) is 0.966. The summed E-state index contributed by atoms with van der Waals surface area (Å²) < 4.78 is 19.5. The van der Waals surface area contributed by atoms with Crippen LogP contribution >= 0.6 is 11.6 Å². The second-order valence-corrected chi connectivity index (χ2v) is 21.1. The molecule has 9 heteroatoms. The van der Waals surface area contributed by atoms with Crippen LogP contribution in [0, 0.1) is 5.92 Å². The molecule has 3 aromatic carbocycles. The monoisotopic (exact) mass is 739 g/mol. The minimum Gasteiger partial charge on any atom is -0.400 e. The zero-order valence-electron chi connectivity index (χ0n) is 31.4. The summed E-state index contributed by atoms with van der Waals surface area (Å²) in [5, 5.41) is 8.37. The largest absolute Gasteiger partial charge is 0.400 e. The van der Waals surface area contributed by atoms with E-state index in [1.807, 2.05) is 18.3 Å². The number of piperidine rings is 1. The van der Waals surface area contributed by atoms with E-state index < -0.39 is 8.32 Å². The molecule has 3 fully saturated rings. The van der Waals surface area contributed by atoms with E-state index in [4.69, 9.17) is 25.5 Å². The van der Waals surface area contributed by atoms with Crippen molar-refractivity contribution in [1.29, 1.82) is 0 Å². The lowest BCUT2D eigenvalue weighted by Crippen LogP contribution is -2.70. The highest BCUT2D eigenvalue weighted by Crippen LogP contribution is 2.43. The second kappa shape index (κ2) is 15.3. The Morgan fingerprint density at radius 3 is 2.15 bits per heavy atom. The summed E-state index contributed by atoms with van der Waals surface area (Å²) in [7, 11) is -1.01. The normalized spacial score (nSPS) is 25.0. The number of carbonyl (C=O) groups excluding carboxylic acids is 1. The standard InChI is InChI=1S/C43H54ClN3O4Si/c1-42(2,3)52(35-12-8-6-9-13-35,36-14-10-7-11-15-36)51-39-28-50-29-43(39,4)47-22-20-30(21-23-47)37-24-32-26-40(45-27-33(32)25-38(37)44)46-41(48)31-16-18-34(49-5)19-17-31/h6-15,24-27,30-31,34,39H,16-23,28-29H2,1-5H3,(H,45,46,48)/t31?,34?,39-,43+/m1/s1. The predicted molar refractivity (Wildman–Crippen MR) is 213 cm³/mol. The number of nitrogens with zero attached hydrogens (tertiary/aromatic N) is 2. The van der Waals surface area contributed by atoms with Crippen molar-refractivity contribution >= 4 is 52.8 Å². The van der Waals surface area contributed by atoms with Crippen LogP contribution in [0.5, 0.6) is 0 Å². The lowest BCUT2D eigenvalue weighted by atomic mass is 9.85. The SMILES string of the molecule is COC1CCC(C(=O)Nc2cc3cc(C4CCN([C@@]5(C)COC[C@H]5O[Si](c5ccccc5)(c5ccccc5)C(C)(C)C)CC4)c(Cl)cc3cn2)CC1. The van der Waals surface area contributed by atoms with Crippen LogP contribution in [0.25, 0.3) is 10.8 Å².